The summed E-state index contributed by atoms with van der Waals surface area (Å²) in [6.45, 7) is 9.13. The number of aromatic nitrogens is 2. The molecule has 0 aliphatic rings. The molecule has 1 aromatic carbocycles. The summed E-state index contributed by atoms with van der Waals surface area (Å²) in [5, 5.41) is 4.14. The molecule has 0 unspecified atom stereocenters. The van der Waals surface area contributed by atoms with Crippen molar-refractivity contribution in [3.8, 4) is 11.5 Å². The summed E-state index contributed by atoms with van der Waals surface area (Å²) >= 11 is 0. The summed E-state index contributed by atoms with van der Waals surface area (Å²) in [6.07, 6.45) is 2.56. The van der Waals surface area contributed by atoms with Crippen molar-refractivity contribution in [2.45, 2.75) is 40.0 Å². The number of nitrogens with zero attached hydrogens (tertiary/aromatic N) is 2. The van der Waals surface area contributed by atoms with Crippen molar-refractivity contribution >= 4 is 12.2 Å². The van der Waals surface area contributed by atoms with Gasteiger partial charge in [0, 0.05) is 6.07 Å². The highest BCUT2D eigenvalue weighted by Crippen LogP contribution is 2.28. The summed E-state index contributed by atoms with van der Waals surface area (Å²) < 4.78 is 11.3. The third kappa shape index (κ3) is 5.61. The first kappa shape index (κ1) is 19.5. The number of rotatable bonds is 9. The molecule has 0 aliphatic heterocycles. The Morgan fingerprint density at radius 3 is 2.73 bits per heavy atom. The molecule has 0 fully saturated rings. The third-order valence-electron chi connectivity index (χ3n) is 3.47. The van der Waals surface area contributed by atoms with Crippen LogP contribution in [0, 0.1) is 0 Å². The van der Waals surface area contributed by atoms with E-state index < -0.39 is 0 Å². The van der Waals surface area contributed by atoms with Gasteiger partial charge in [0.2, 0.25) is 5.95 Å². The average molecular weight is 358 g/mol. The lowest BCUT2D eigenvalue weighted by molar-refractivity contribution is 0.277. The van der Waals surface area contributed by atoms with Gasteiger partial charge in [0.15, 0.2) is 11.5 Å². The van der Waals surface area contributed by atoms with Gasteiger partial charge < -0.3 is 9.47 Å². The number of hydrogen-bond donors (Lipinski definition) is 2. The molecule has 1 aromatic heterocycles. The van der Waals surface area contributed by atoms with Gasteiger partial charge in [-0.1, -0.05) is 20.8 Å². The zero-order valence-corrected chi connectivity index (χ0v) is 15.7. The maximum Gasteiger partial charge on any atom is 0.252 e. The molecular weight excluding hydrogens is 332 g/mol. The molecule has 7 heteroatoms. The van der Waals surface area contributed by atoms with Gasteiger partial charge >= 0.3 is 0 Å². The van der Waals surface area contributed by atoms with Crippen LogP contribution in [0.15, 0.2) is 34.2 Å². The van der Waals surface area contributed by atoms with Crippen LogP contribution in [-0.4, -0.2) is 29.4 Å². The molecule has 0 atom stereocenters. The van der Waals surface area contributed by atoms with Crippen LogP contribution in [-0.2, 0) is 0 Å². The van der Waals surface area contributed by atoms with E-state index in [1.165, 1.54) is 6.07 Å². The quantitative estimate of drug-likeness (QED) is 0.529. The Morgan fingerprint density at radius 1 is 1.23 bits per heavy atom. The number of H-pyrrole nitrogens is 1. The van der Waals surface area contributed by atoms with Gasteiger partial charge in [-0.15, -0.1) is 0 Å². The zero-order chi connectivity index (χ0) is 18.9. The number of ether oxygens (including phenoxy) is 2. The van der Waals surface area contributed by atoms with Crippen LogP contribution >= 0.6 is 0 Å². The summed E-state index contributed by atoms with van der Waals surface area (Å²) in [5.41, 5.74) is 4.10. The van der Waals surface area contributed by atoms with E-state index in [0.717, 1.165) is 17.7 Å². The van der Waals surface area contributed by atoms with E-state index in [9.17, 15) is 4.79 Å². The van der Waals surface area contributed by atoms with Crippen LogP contribution in [0.5, 0.6) is 11.5 Å². The van der Waals surface area contributed by atoms with Crippen LogP contribution in [0.4, 0.5) is 5.95 Å². The summed E-state index contributed by atoms with van der Waals surface area (Å²) in [7, 11) is 0. The Morgan fingerprint density at radius 2 is 2.04 bits per heavy atom. The van der Waals surface area contributed by atoms with Crippen LogP contribution < -0.4 is 20.5 Å². The molecule has 1 heterocycles. The standard InChI is InChI=1S/C19H26N4O3/c1-5-9-26-16-8-7-14(10-17(16)25-6-2)12-20-23-19-21-15(13(3)4)11-18(24)22-19/h7-8,10-13H,5-6,9H2,1-4H3,(H2,21,22,23,24)/b20-12-. The van der Waals surface area contributed by atoms with E-state index in [4.69, 9.17) is 9.47 Å². The van der Waals surface area contributed by atoms with Crippen molar-refractivity contribution in [3.05, 3.63) is 45.9 Å². The minimum absolute atomic E-state index is 0.159. The van der Waals surface area contributed by atoms with Crippen molar-refractivity contribution < 1.29 is 9.47 Å². The van der Waals surface area contributed by atoms with Gasteiger partial charge in [-0.05, 0) is 43.0 Å². The summed E-state index contributed by atoms with van der Waals surface area (Å²) in [6, 6.07) is 7.10. The van der Waals surface area contributed by atoms with E-state index in [2.05, 4.69) is 27.4 Å². The van der Waals surface area contributed by atoms with Gasteiger partial charge in [-0.2, -0.15) is 5.10 Å². The first-order valence-electron chi connectivity index (χ1n) is 8.83. The van der Waals surface area contributed by atoms with Gasteiger partial charge in [0.05, 0.1) is 25.1 Å². The van der Waals surface area contributed by atoms with Crippen molar-refractivity contribution in [3.63, 3.8) is 0 Å². The van der Waals surface area contributed by atoms with E-state index in [0.29, 0.717) is 30.6 Å². The molecule has 2 aromatic rings. The van der Waals surface area contributed by atoms with Crippen molar-refractivity contribution in [1.82, 2.24) is 9.97 Å². The van der Waals surface area contributed by atoms with E-state index in [1.807, 2.05) is 39.0 Å². The van der Waals surface area contributed by atoms with E-state index in [1.54, 1.807) is 6.21 Å². The van der Waals surface area contributed by atoms with Crippen molar-refractivity contribution in [2.75, 3.05) is 18.6 Å². The third-order valence-corrected chi connectivity index (χ3v) is 3.47. The van der Waals surface area contributed by atoms with Crippen molar-refractivity contribution in [1.29, 1.82) is 0 Å². The molecule has 2 rings (SSSR count). The molecule has 2 N–H and O–H groups in total. The molecule has 26 heavy (non-hydrogen) atoms. The average Bonchev–Trinajstić information content (AvgIpc) is 2.61. The summed E-state index contributed by atoms with van der Waals surface area (Å²) in [5.74, 6) is 1.87. The van der Waals surface area contributed by atoms with E-state index >= 15 is 0 Å². The van der Waals surface area contributed by atoms with Crippen LogP contribution in [0.3, 0.4) is 0 Å². The molecule has 0 amide bonds. The van der Waals surface area contributed by atoms with Crippen molar-refractivity contribution in [2.24, 2.45) is 5.10 Å². The highest BCUT2D eigenvalue weighted by Gasteiger charge is 2.06. The first-order chi connectivity index (χ1) is 12.5. The molecule has 0 saturated heterocycles. The second kappa shape index (κ2) is 9.60. The Kier molecular flexibility index (Phi) is 7.20. The molecule has 0 saturated carbocycles. The monoisotopic (exact) mass is 358 g/mol. The minimum atomic E-state index is -0.211. The number of nitrogens with one attached hydrogen (secondary N) is 2. The number of hydrogen-bond acceptors (Lipinski definition) is 6. The number of aromatic amines is 1. The lowest BCUT2D eigenvalue weighted by Gasteiger charge is -2.11. The molecular formula is C19H26N4O3. The summed E-state index contributed by atoms with van der Waals surface area (Å²) in [4.78, 5) is 18.6. The first-order valence-corrected chi connectivity index (χ1v) is 8.83. The smallest absolute Gasteiger partial charge is 0.252 e. The zero-order valence-electron chi connectivity index (χ0n) is 15.7. The Bertz CT molecular complexity index is 800. The number of hydrazone groups is 1. The van der Waals surface area contributed by atoms with Crippen LogP contribution in [0.25, 0.3) is 0 Å². The maximum atomic E-state index is 11.7. The predicted octanol–water partition coefficient (Wildman–Crippen LogP) is 3.53. The second-order valence-corrected chi connectivity index (χ2v) is 6.03. The minimum Gasteiger partial charge on any atom is -0.490 e. The molecule has 0 bridgehead atoms. The Balaban J connectivity index is 2.12. The largest absolute Gasteiger partial charge is 0.490 e. The lowest BCUT2D eigenvalue weighted by atomic mass is 10.1. The Hall–Kier alpha value is -2.83. The normalized spacial score (nSPS) is 11.1. The fourth-order valence-electron chi connectivity index (χ4n) is 2.20. The van der Waals surface area contributed by atoms with Gasteiger partial charge in [-0.25, -0.2) is 10.4 Å². The number of anilines is 1. The maximum absolute atomic E-state index is 11.7. The molecule has 140 valence electrons. The van der Waals surface area contributed by atoms with Crippen LogP contribution in [0.2, 0.25) is 0 Å². The fraction of sp³-hybridized carbons (Fsp3) is 0.421. The van der Waals surface area contributed by atoms with E-state index in [-0.39, 0.29) is 11.5 Å². The molecule has 0 spiro atoms. The molecule has 0 radical (unpaired) electrons. The van der Waals surface area contributed by atoms with Gasteiger partial charge in [-0.3, -0.25) is 9.78 Å². The fourth-order valence-corrected chi connectivity index (χ4v) is 2.20. The van der Waals surface area contributed by atoms with Gasteiger partial charge in [0.1, 0.15) is 0 Å². The predicted molar refractivity (Wildman–Crippen MR) is 104 cm³/mol. The Labute approximate surface area is 153 Å². The number of benzene rings is 1. The second-order valence-electron chi connectivity index (χ2n) is 6.03. The van der Waals surface area contributed by atoms with Gasteiger partial charge in [0.25, 0.3) is 5.56 Å². The SMILES string of the molecule is CCCOc1ccc(/C=N\Nc2nc(C(C)C)cc(=O)[nH]2)cc1OCC. The molecule has 7 nitrogen and oxygen atoms in total. The topological polar surface area (TPSA) is 88.6 Å². The lowest BCUT2D eigenvalue weighted by Crippen LogP contribution is -2.12. The molecule has 0 aliphatic carbocycles. The highest BCUT2D eigenvalue weighted by molar-refractivity contribution is 5.81. The van der Waals surface area contributed by atoms with Crippen LogP contribution in [0.1, 0.15) is 51.3 Å². The highest BCUT2D eigenvalue weighted by atomic mass is 16.5.